The van der Waals surface area contributed by atoms with E-state index in [0.717, 1.165) is 22.5 Å². The Morgan fingerprint density at radius 3 is 2.54 bits per heavy atom. The molecule has 1 fully saturated rings. The number of rotatable bonds is 7. The van der Waals surface area contributed by atoms with Gasteiger partial charge < -0.3 is 15.5 Å². The highest BCUT2D eigenvalue weighted by Gasteiger charge is 2.28. The molecule has 0 spiro atoms. The van der Waals surface area contributed by atoms with Gasteiger partial charge in [-0.05, 0) is 68.1 Å². The van der Waals surface area contributed by atoms with E-state index in [-0.39, 0.29) is 10.5 Å². The van der Waals surface area contributed by atoms with Gasteiger partial charge in [0.2, 0.25) is 16.0 Å². The van der Waals surface area contributed by atoms with Crippen molar-refractivity contribution < 1.29 is 13.2 Å². The van der Waals surface area contributed by atoms with Gasteiger partial charge in [-0.2, -0.15) is 4.31 Å². The lowest BCUT2D eigenvalue weighted by atomic mass is 10.1. The number of piperazine rings is 1. The van der Waals surface area contributed by atoms with Gasteiger partial charge in [0.05, 0.1) is 10.6 Å². The van der Waals surface area contributed by atoms with Crippen LogP contribution in [0.25, 0.3) is 11.3 Å². The van der Waals surface area contributed by atoms with Crippen LogP contribution < -0.4 is 10.6 Å². The standard InChI is InChI=1S/C28H29N7O3S/c1-20-8-9-23(18-26(20)33-28-30-12-10-25(32-28)22-6-4-11-29-19-22)31-27(36)21-5-3-7-24(17-21)39(37,38)35-15-13-34(2)14-16-35/h3-12,17-19H,13-16H2,1-2H3,(H,31,36)(H,30,32,33). The summed E-state index contributed by atoms with van der Waals surface area (Å²) in [6.45, 7) is 4.11. The van der Waals surface area contributed by atoms with Gasteiger partial charge in [-0.1, -0.05) is 12.1 Å². The molecule has 0 unspecified atom stereocenters. The fourth-order valence-electron chi connectivity index (χ4n) is 4.23. The second-order valence-corrected chi connectivity index (χ2v) is 11.3. The second-order valence-electron chi connectivity index (χ2n) is 9.35. The topological polar surface area (TPSA) is 120 Å². The molecule has 10 nitrogen and oxygen atoms in total. The van der Waals surface area contributed by atoms with Gasteiger partial charge in [0.1, 0.15) is 0 Å². The predicted octanol–water partition coefficient (Wildman–Crippen LogP) is 3.78. The van der Waals surface area contributed by atoms with E-state index < -0.39 is 15.9 Å². The minimum Gasteiger partial charge on any atom is -0.324 e. The Morgan fingerprint density at radius 1 is 0.949 bits per heavy atom. The number of amides is 1. The minimum absolute atomic E-state index is 0.108. The van der Waals surface area contributed by atoms with Gasteiger partial charge in [0.25, 0.3) is 5.91 Å². The number of carbonyl (C=O) groups excluding carboxylic acids is 1. The monoisotopic (exact) mass is 543 g/mol. The van der Waals surface area contributed by atoms with Crippen LogP contribution in [0.15, 0.2) is 84.1 Å². The number of likely N-dealkylation sites (N-methyl/N-ethyl adjacent to an activating group) is 1. The van der Waals surface area contributed by atoms with E-state index in [1.54, 1.807) is 42.9 Å². The SMILES string of the molecule is Cc1ccc(NC(=O)c2cccc(S(=O)(=O)N3CCN(C)CC3)c2)cc1Nc1nccc(-c2cccnc2)n1. The van der Waals surface area contributed by atoms with E-state index in [2.05, 4.69) is 30.5 Å². The Bertz CT molecular complexity index is 1590. The average Bonchev–Trinajstić information content (AvgIpc) is 2.96. The van der Waals surface area contributed by atoms with Crippen molar-refractivity contribution in [2.75, 3.05) is 43.9 Å². The third kappa shape index (κ3) is 6.11. The molecule has 0 atom stereocenters. The van der Waals surface area contributed by atoms with Gasteiger partial charge in [0.15, 0.2) is 0 Å². The van der Waals surface area contributed by atoms with Gasteiger partial charge in [0, 0.05) is 67.3 Å². The lowest BCUT2D eigenvalue weighted by molar-refractivity contribution is 0.102. The molecule has 0 saturated carbocycles. The van der Waals surface area contributed by atoms with E-state index in [1.165, 1.54) is 16.4 Å². The Hall–Kier alpha value is -4.19. The number of hydrogen-bond acceptors (Lipinski definition) is 8. The number of nitrogens with zero attached hydrogens (tertiary/aromatic N) is 5. The summed E-state index contributed by atoms with van der Waals surface area (Å²) in [4.78, 5) is 28.3. The van der Waals surface area contributed by atoms with Crippen LogP contribution in [0.5, 0.6) is 0 Å². The van der Waals surface area contributed by atoms with Crippen molar-refractivity contribution in [1.82, 2.24) is 24.2 Å². The summed E-state index contributed by atoms with van der Waals surface area (Å²) in [5, 5.41) is 6.09. The smallest absolute Gasteiger partial charge is 0.255 e. The predicted molar refractivity (Wildman–Crippen MR) is 150 cm³/mol. The zero-order valence-electron chi connectivity index (χ0n) is 21.7. The summed E-state index contributed by atoms with van der Waals surface area (Å²) in [6, 6.07) is 17.2. The molecule has 0 aliphatic carbocycles. The first-order valence-corrected chi connectivity index (χ1v) is 13.9. The Balaban J connectivity index is 1.32. The molecule has 1 aliphatic heterocycles. The molecular formula is C28H29N7O3S. The summed E-state index contributed by atoms with van der Waals surface area (Å²) in [5.74, 6) is -0.000186. The van der Waals surface area contributed by atoms with Crippen molar-refractivity contribution in [2.45, 2.75) is 11.8 Å². The number of benzene rings is 2. The quantitative estimate of drug-likeness (QED) is 0.361. The molecule has 1 saturated heterocycles. The van der Waals surface area contributed by atoms with E-state index in [0.29, 0.717) is 37.8 Å². The van der Waals surface area contributed by atoms with Crippen LogP contribution in [0.3, 0.4) is 0 Å². The van der Waals surface area contributed by atoms with E-state index in [9.17, 15) is 13.2 Å². The number of anilines is 3. The zero-order chi connectivity index (χ0) is 27.4. The maximum atomic E-state index is 13.1. The molecule has 1 aliphatic rings. The van der Waals surface area contributed by atoms with Crippen molar-refractivity contribution in [3.8, 4) is 11.3 Å². The van der Waals surface area contributed by atoms with Crippen molar-refractivity contribution in [2.24, 2.45) is 0 Å². The van der Waals surface area contributed by atoms with Crippen LogP contribution >= 0.6 is 0 Å². The van der Waals surface area contributed by atoms with E-state index >= 15 is 0 Å². The highest BCUT2D eigenvalue weighted by Crippen LogP contribution is 2.25. The van der Waals surface area contributed by atoms with E-state index in [1.807, 2.05) is 38.2 Å². The van der Waals surface area contributed by atoms with Gasteiger partial charge in [-0.15, -0.1) is 0 Å². The number of nitrogens with one attached hydrogen (secondary N) is 2. The normalized spacial score (nSPS) is 14.6. The van der Waals surface area contributed by atoms with Crippen molar-refractivity contribution in [3.63, 3.8) is 0 Å². The average molecular weight is 544 g/mol. The largest absolute Gasteiger partial charge is 0.324 e. The first-order valence-electron chi connectivity index (χ1n) is 12.5. The summed E-state index contributed by atoms with van der Waals surface area (Å²) in [5.41, 5.74) is 4.06. The van der Waals surface area contributed by atoms with Crippen molar-refractivity contribution >= 4 is 33.3 Å². The van der Waals surface area contributed by atoms with Crippen molar-refractivity contribution in [1.29, 1.82) is 0 Å². The van der Waals surface area contributed by atoms with Crippen LogP contribution in [-0.4, -0.2) is 71.7 Å². The van der Waals surface area contributed by atoms with Crippen molar-refractivity contribution in [3.05, 3.63) is 90.4 Å². The number of hydrogen-bond donors (Lipinski definition) is 2. The Morgan fingerprint density at radius 2 is 1.77 bits per heavy atom. The zero-order valence-corrected chi connectivity index (χ0v) is 22.5. The molecule has 2 aromatic heterocycles. The maximum absolute atomic E-state index is 13.1. The fraction of sp³-hybridized carbons (Fsp3) is 0.214. The Kier molecular flexibility index (Phi) is 7.64. The first kappa shape index (κ1) is 26.4. The minimum atomic E-state index is -3.69. The van der Waals surface area contributed by atoms with Crippen LogP contribution in [0.2, 0.25) is 0 Å². The first-order chi connectivity index (χ1) is 18.8. The fourth-order valence-corrected chi connectivity index (χ4v) is 5.70. The molecule has 200 valence electrons. The van der Waals surface area contributed by atoms with Crippen LogP contribution in [-0.2, 0) is 10.0 Å². The van der Waals surface area contributed by atoms with Gasteiger partial charge in [-0.25, -0.2) is 18.4 Å². The number of carbonyl (C=O) groups is 1. The summed E-state index contributed by atoms with van der Waals surface area (Å²) >= 11 is 0. The highest BCUT2D eigenvalue weighted by atomic mass is 32.2. The molecule has 2 aromatic carbocycles. The van der Waals surface area contributed by atoms with Crippen LogP contribution in [0, 0.1) is 6.92 Å². The molecule has 2 N–H and O–H groups in total. The summed E-state index contributed by atoms with van der Waals surface area (Å²) < 4.78 is 27.8. The molecular weight excluding hydrogens is 514 g/mol. The molecule has 0 radical (unpaired) electrons. The highest BCUT2D eigenvalue weighted by molar-refractivity contribution is 7.89. The number of aromatic nitrogens is 3. The molecule has 5 rings (SSSR count). The third-order valence-electron chi connectivity index (χ3n) is 6.55. The molecule has 39 heavy (non-hydrogen) atoms. The summed E-state index contributed by atoms with van der Waals surface area (Å²) in [6.07, 6.45) is 5.11. The Labute approximate surface area is 227 Å². The number of sulfonamides is 1. The second kappa shape index (κ2) is 11.3. The number of aryl methyl sites for hydroxylation is 1. The molecule has 11 heteroatoms. The number of pyridine rings is 1. The maximum Gasteiger partial charge on any atom is 0.255 e. The molecule has 0 bridgehead atoms. The summed E-state index contributed by atoms with van der Waals surface area (Å²) in [7, 11) is -1.72. The van der Waals surface area contributed by atoms with Gasteiger partial charge >= 0.3 is 0 Å². The molecule has 4 aromatic rings. The third-order valence-corrected chi connectivity index (χ3v) is 8.45. The van der Waals surface area contributed by atoms with E-state index in [4.69, 9.17) is 0 Å². The van der Waals surface area contributed by atoms with Crippen LogP contribution in [0.4, 0.5) is 17.3 Å². The van der Waals surface area contributed by atoms with Crippen LogP contribution in [0.1, 0.15) is 15.9 Å². The molecule has 3 heterocycles. The van der Waals surface area contributed by atoms with Gasteiger partial charge in [-0.3, -0.25) is 9.78 Å². The lowest BCUT2D eigenvalue weighted by Gasteiger charge is -2.31. The lowest BCUT2D eigenvalue weighted by Crippen LogP contribution is -2.47. The molecule has 1 amide bonds.